The summed E-state index contributed by atoms with van der Waals surface area (Å²) in [5.74, 6) is 0.126. The molecule has 0 aliphatic carbocycles. The van der Waals surface area contributed by atoms with E-state index in [1.165, 1.54) is 5.69 Å². The molecule has 1 aromatic carbocycles. The molecule has 1 atom stereocenters. The van der Waals surface area contributed by atoms with Gasteiger partial charge in [-0.05, 0) is 45.7 Å². The number of piperidine rings is 1. The number of nitrogens with one attached hydrogen (secondary N) is 1. The molecule has 5 heteroatoms. The fourth-order valence-electron chi connectivity index (χ4n) is 4.06. The molecule has 130 valence electrons. The van der Waals surface area contributed by atoms with Gasteiger partial charge in [0.05, 0.1) is 17.3 Å². The minimum absolute atomic E-state index is 0.126. The highest BCUT2D eigenvalue weighted by molar-refractivity contribution is 6.08. The van der Waals surface area contributed by atoms with Crippen molar-refractivity contribution < 1.29 is 4.79 Å². The number of aryl methyl sites for hydroxylation is 3. The Labute approximate surface area is 147 Å². The zero-order chi connectivity index (χ0) is 17.6. The monoisotopic (exact) mass is 336 g/mol. The van der Waals surface area contributed by atoms with Gasteiger partial charge >= 0.3 is 0 Å². The number of para-hydroxylation sites is 1. The number of likely N-dealkylation sites (tertiary alicyclic amines) is 1. The van der Waals surface area contributed by atoms with E-state index < -0.39 is 0 Å². The van der Waals surface area contributed by atoms with E-state index >= 15 is 0 Å². The van der Waals surface area contributed by atoms with E-state index in [-0.39, 0.29) is 11.9 Å². The molecule has 1 amide bonds. The van der Waals surface area contributed by atoms with Gasteiger partial charge < -0.3 is 9.88 Å². The van der Waals surface area contributed by atoms with Gasteiger partial charge in [-0.15, -0.1) is 0 Å². The summed E-state index contributed by atoms with van der Waals surface area (Å²) in [4.78, 5) is 18.6. The van der Waals surface area contributed by atoms with Gasteiger partial charge in [-0.2, -0.15) is 5.10 Å². The number of carbonyl (C=O) groups excluding carboxylic acids is 1. The maximum atomic E-state index is 13.2. The Bertz CT molecular complexity index is 936. The molecule has 1 saturated heterocycles. The number of nitrogens with zero attached hydrogens (tertiary/aromatic N) is 3. The number of hydrogen-bond donors (Lipinski definition) is 1. The Morgan fingerprint density at radius 2 is 2.04 bits per heavy atom. The number of aromatic amines is 1. The summed E-state index contributed by atoms with van der Waals surface area (Å²) in [6, 6.07) is 10.4. The summed E-state index contributed by atoms with van der Waals surface area (Å²) in [6.45, 7) is 7.62. The molecule has 1 N–H and O–H groups in total. The van der Waals surface area contributed by atoms with Crippen molar-refractivity contribution >= 4 is 16.8 Å². The minimum atomic E-state index is 0.126. The lowest BCUT2D eigenvalue weighted by Crippen LogP contribution is -2.41. The van der Waals surface area contributed by atoms with Gasteiger partial charge in [-0.1, -0.05) is 18.2 Å². The van der Waals surface area contributed by atoms with Crippen molar-refractivity contribution in [3.63, 3.8) is 0 Å². The minimum Gasteiger partial charge on any atom is -0.358 e. The summed E-state index contributed by atoms with van der Waals surface area (Å²) >= 11 is 0. The number of aromatic nitrogens is 3. The lowest BCUT2D eigenvalue weighted by atomic mass is 10.0. The van der Waals surface area contributed by atoms with Crippen molar-refractivity contribution in [3.8, 4) is 0 Å². The molecule has 0 bridgehead atoms. The molecule has 1 aliphatic heterocycles. The molecular weight excluding hydrogens is 312 g/mol. The van der Waals surface area contributed by atoms with E-state index in [9.17, 15) is 4.79 Å². The average molecular weight is 336 g/mol. The molecule has 1 fully saturated rings. The van der Waals surface area contributed by atoms with Crippen LogP contribution in [-0.2, 0) is 0 Å². The molecule has 4 rings (SSSR count). The topological polar surface area (TPSA) is 53.9 Å². The number of H-pyrrole nitrogens is 1. The van der Waals surface area contributed by atoms with E-state index in [1.807, 2.05) is 43.0 Å². The molecule has 3 aromatic rings. The second-order valence-corrected chi connectivity index (χ2v) is 7.09. The van der Waals surface area contributed by atoms with E-state index in [4.69, 9.17) is 0 Å². The van der Waals surface area contributed by atoms with Crippen LogP contribution in [0.3, 0.4) is 0 Å². The highest BCUT2D eigenvalue weighted by atomic mass is 16.2. The number of carbonyl (C=O) groups is 1. The Kier molecular flexibility index (Phi) is 3.86. The maximum Gasteiger partial charge on any atom is 0.256 e. The zero-order valence-corrected chi connectivity index (χ0v) is 15.0. The predicted octanol–water partition coefficient (Wildman–Crippen LogP) is 3.77. The van der Waals surface area contributed by atoms with Gasteiger partial charge in [0.1, 0.15) is 0 Å². The number of benzene rings is 1. The van der Waals surface area contributed by atoms with Crippen LogP contribution in [0.2, 0.25) is 0 Å². The summed E-state index contributed by atoms with van der Waals surface area (Å²) < 4.78 is 2.09. The number of rotatable bonds is 2. The Hall–Kier alpha value is -2.56. The average Bonchev–Trinajstić information content (AvgIpc) is 3.12. The smallest absolute Gasteiger partial charge is 0.256 e. The molecular formula is C20H24N4O. The van der Waals surface area contributed by atoms with E-state index in [2.05, 4.69) is 27.8 Å². The van der Waals surface area contributed by atoms with Crippen LogP contribution in [0, 0.1) is 20.8 Å². The molecule has 25 heavy (non-hydrogen) atoms. The van der Waals surface area contributed by atoms with E-state index in [0.29, 0.717) is 0 Å². The third-order valence-corrected chi connectivity index (χ3v) is 5.18. The SMILES string of the molecule is Cc1cc(C)n(C2CCCN(C(=O)c3c(C)[nH]c4ccccc34)C2)n1. The maximum absolute atomic E-state index is 13.2. The molecule has 5 nitrogen and oxygen atoms in total. The third kappa shape index (κ3) is 2.73. The molecule has 1 unspecified atom stereocenters. The van der Waals surface area contributed by atoms with Crippen molar-refractivity contribution in [2.24, 2.45) is 0 Å². The van der Waals surface area contributed by atoms with Crippen molar-refractivity contribution in [1.82, 2.24) is 19.7 Å². The van der Waals surface area contributed by atoms with Crippen molar-refractivity contribution in [2.75, 3.05) is 13.1 Å². The van der Waals surface area contributed by atoms with Gasteiger partial charge in [0, 0.05) is 35.4 Å². The summed E-state index contributed by atoms with van der Waals surface area (Å²) in [5, 5.41) is 5.64. The van der Waals surface area contributed by atoms with Crippen LogP contribution in [0.1, 0.15) is 46.3 Å². The van der Waals surface area contributed by atoms with Crippen LogP contribution < -0.4 is 0 Å². The lowest BCUT2D eigenvalue weighted by molar-refractivity contribution is 0.0673. The van der Waals surface area contributed by atoms with E-state index in [0.717, 1.165) is 53.8 Å². The van der Waals surface area contributed by atoms with Gasteiger partial charge in [-0.3, -0.25) is 9.48 Å². The van der Waals surface area contributed by atoms with Crippen LogP contribution >= 0.6 is 0 Å². The van der Waals surface area contributed by atoms with Crippen molar-refractivity contribution in [1.29, 1.82) is 0 Å². The zero-order valence-electron chi connectivity index (χ0n) is 15.0. The first-order valence-electron chi connectivity index (χ1n) is 8.94. The molecule has 0 saturated carbocycles. The van der Waals surface area contributed by atoms with Crippen molar-refractivity contribution in [2.45, 2.75) is 39.7 Å². The van der Waals surface area contributed by atoms with Gasteiger partial charge in [-0.25, -0.2) is 0 Å². The molecule has 0 spiro atoms. The summed E-state index contributed by atoms with van der Waals surface area (Å²) in [7, 11) is 0. The first-order valence-corrected chi connectivity index (χ1v) is 8.94. The predicted molar refractivity (Wildman–Crippen MR) is 98.9 cm³/mol. The number of fused-ring (bicyclic) bond motifs is 1. The highest BCUT2D eigenvalue weighted by Crippen LogP contribution is 2.28. The largest absolute Gasteiger partial charge is 0.358 e. The quantitative estimate of drug-likeness (QED) is 0.774. The van der Waals surface area contributed by atoms with Crippen LogP contribution in [-0.4, -0.2) is 38.7 Å². The Morgan fingerprint density at radius 1 is 1.24 bits per heavy atom. The molecule has 0 radical (unpaired) electrons. The van der Waals surface area contributed by atoms with Crippen LogP contribution in [0.25, 0.3) is 10.9 Å². The lowest BCUT2D eigenvalue weighted by Gasteiger charge is -2.33. The first kappa shape index (κ1) is 15.9. The number of amides is 1. The third-order valence-electron chi connectivity index (χ3n) is 5.18. The van der Waals surface area contributed by atoms with Gasteiger partial charge in [0.2, 0.25) is 0 Å². The second-order valence-electron chi connectivity index (χ2n) is 7.09. The van der Waals surface area contributed by atoms with Crippen molar-refractivity contribution in [3.05, 3.63) is 53.0 Å². The standard InChI is InChI=1S/C20H24N4O/c1-13-11-14(2)24(22-13)16-7-6-10-23(12-16)20(25)19-15(3)21-18-9-5-4-8-17(18)19/h4-5,8-9,11,16,21H,6-7,10,12H2,1-3H3. The van der Waals surface area contributed by atoms with Gasteiger partial charge in [0.25, 0.3) is 5.91 Å². The van der Waals surface area contributed by atoms with E-state index in [1.54, 1.807) is 0 Å². The fourth-order valence-corrected chi connectivity index (χ4v) is 4.06. The normalized spacial score (nSPS) is 18.0. The number of hydrogen-bond acceptors (Lipinski definition) is 2. The second kappa shape index (κ2) is 6.06. The Morgan fingerprint density at radius 3 is 2.80 bits per heavy atom. The van der Waals surface area contributed by atoms with Crippen LogP contribution in [0.5, 0.6) is 0 Å². The summed E-state index contributed by atoms with van der Waals surface area (Å²) in [6.07, 6.45) is 2.08. The van der Waals surface area contributed by atoms with Gasteiger partial charge in [0.15, 0.2) is 0 Å². The Balaban J connectivity index is 1.63. The van der Waals surface area contributed by atoms with Crippen LogP contribution in [0.15, 0.2) is 30.3 Å². The molecule has 1 aliphatic rings. The molecule has 2 aromatic heterocycles. The first-order chi connectivity index (χ1) is 12.0. The summed E-state index contributed by atoms with van der Waals surface area (Å²) in [5.41, 5.74) is 4.98. The molecule has 3 heterocycles. The fraction of sp³-hybridized carbons (Fsp3) is 0.400. The van der Waals surface area contributed by atoms with Crippen LogP contribution in [0.4, 0.5) is 0 Å². The highest BCUT2D eigenvalue weighted by Gasteiger charge is 2.29.